The minimum atomic E-state index is -0.413. The molecule has 0 radical (unpaired) electrons. The Balaban J connectivity index is 1.69. The molecule has 10 heteroatoms. The summed E-state index contributed by atoms with van der Waals surface area (Å²) in [4.78, 5) is 30.5. The van der Waals surface area contributed by atoms with Gasteiger partial charge in [-0.3, -0.25) is 14.9 Å². The van der Waals surface area contributed by atoms with Gasteiger partial charge in [-0.05, 0) is 53.5 Å². The molecule has 29 heavy (non-hydrogen) atoms. The van der Waals surface area contributed by atoms with Crippen molar-refractivity contribution in [2.75, 3.05) is 7.11 Å². The molecular weight excluding hydrogens is 428 g/mol. The van der Waals surface area contributed by atoms with Gasteiger partial charge in [-0.25, -0.2) is 9.50 Å². The van der Waals surface area contributed by atoms with Crippen molar-refractivity contribution < 1.29 is 14.3 Å². The number of amides is 2. The van der Waals surface area contributed by atoms with Crippen LogP contribution in [-0.2, 0) is 4.79 Å². The van der Waals surface area contributed by atoms with Crippen LogP contribution in [0.4, 0.5) is 4.79 Å². The summed E-state index contributed by atoms with van der Waals surface area (Å²) in [6.07, 6.45) is 1.67. The number of nitrogens with one attached hydrogen (secondary N) is 1. The van der Waals surface area contributed by atoms with Gasteiger partial charge in [0.2, 0.25) is 4.96 Å². The molecule has 144 valence electrons. The number of methoxy groups -OCH3 is 1. The maximum Gasteiger partial charge on any atom is 0.290 e. The minimum Gasteiger partial charge on any atom is -0.497 e. The van der Waals surface area contributed by atoms with E-state index in [1.165, 1.54) is 11.3 Å². The number of aromatic nitrogens is 3. The first kappa shape index (κ1) is 18.1. The van der Waals surface area contributed by atoms with Gasteiger partial charge in [-0.15, -0.1) is 11.3 Å². The van der Waals surface area contributed by atoms with Crippen LogP contribution in [0.2, 0.25) is 0 Å². The van der Waals surface area contributed by atoms with Crippen LogP contribution in [0.3, 0.4) is 0 Å². The number of rotatable bonds is 4. The molecule has 2 amide bonds. The fourth-order valence-corrected chi connectivity index (χ4v) is 5.26. The number of imidazole rings is 1. The van der Waals surface area contributed by atoms with Gasteiger partial charge in [0.25, 0.3) is 11.1 Å². The van der Waals surface area contributed by atoms with Gasteiger partial charge in [-0.1, -0.05) is 17.4 Å². The van der Waals surface area contributed by atoms with E-state index in [1.807, 2.05) is 41.8 Å². The third-order valence-electron chi connectivity index (χ3n) is 4.24. The van der Waals surface area contributed by atoms with Gasteiger partial charge in [0, 0.05) is 5.56 Å². The number of fused-ring (bicyclic) bond motifs is 1. The number of thioether (sulfide) groups is 1. The van der Waals surface area contributed by atoms with Gasteiger partial charge in [0.15, 0.2) is 5.01 Å². The van der Waals surface area contributed by atoms with E-state index in [0.717, 1.165) is 33.0 Å². The predicted molar refractivity (Wildman–Crippen MR) is 115 cm³/mol. The lowest BCUT2D eigenvalue weighted by atomic mass is 10.1. The molecule has 5 rings (SSSR count). The zero-order valence-electron chi connectivity index (χ0n) is 14.9. The van der Waals surface area contributed by atoms with Gasteiger partial charge in [-0.2, -0.15) is 5.10 Å². The molecule has 1 saturated heterocycles. The number of hydrogen-bond acceptors (Lipinski definition) is 8. The number of nitrogens with zero attached hydrogens (tertiary/aromatic N) is 3. The first-order valence-electron chi connectivity index (χ1n) is 8.45. The number of carbonyl (C=O) groups is 2. The van der Waals surface area contributed by atoms with Crippen LogP contribution in [0.5, 0.6) is 5.75 Å². The molecule has 0 spiro atoms. The Kier molecular flexibility index (Phi) is 4.46. The zero-order chi connectivity index (χ0) is 20.0. The van der Waals surface area contributed by atoms with E-state index in [0.29, 0.717) is 21.3 Å². The lowest BCUT2D eigenvalue weighted by molar-refractivity contribution is -0.115. The highest BCUT2D eigenvalue weighted by atomic mass is 32.2. The van der Waals surface area contributed by atoms with Crippen LogP contribution < -0.4 is 10.1 Å². The number of benzene rings is 1. The van der Waals surface area contributed by atoms with E-state index in [1.54, 1.807) is 29.0 Å². The molecule has 0 aliphatic carbocycles. The SMILES string of the molecule is COc1ccc(-c2nc3sc(-c4cccs4)nn3c2/C=C2\SC(=O)NC2=O)cc1. The van der Waals surface area contributed by atoms with Crippen molar-refractivity contribution in [2.45, 2.75) is 0 Å². The molecule has 0 bridgehead atoms. The van der Waals surface area contributed by atoms with Crippen molar-refractivity contribution in [3.63, 3.8) is 0 Å². The Bertz CT molecular complexity index is 1270. The molecule has 1 N–H and O–H groups in total. The molecule has 7 nitrogen and oxygen atoms in total. The average molecular weight is 441 g/mol. The predicted octanol–water partition coefficient (Wildman–Crippen LogP) is 4.52. The molecular formula is C19H12N4O3S3. The van der Waals surface area contributed by atoms with Crippen molar-refractivity contribution in [1.29, 1.82) is 0 Å². The maximum atomic E-state index is 12.1. The number of imide groups is 1. The fraction of sp³-hybridized carbons (Fsp3) is 0.0526. The van der Waals surface area contributed by atoms with E-state index in [2.05, 4.69) is 5.32 Å². The van der Waals surface area contributed by atoms with Crippen LogP contribution in [-0.4, -0.2) is 32.9 Å². The van der Waals surface area contributed by atoms with Gasteiger partial charge >= 0.3 is 0 Å². The van der Waals surface area contributed by atoms with Crippen molar-refractivity contribution >= 4 is 56.6 Å². The summed E-state index contributed by atoms with van der Waals surface area (Å²) >= 11 is 3.95. The van der Waals surface area contributed by atoms with Gasteiger partial charge < -0.3 is 4.74 Å². The summed E-state index contributed by atoms with van der Waals surface area (Å²) in [7, 11) is 1.61. The highest BCUT2D eigenvalue weighted by Gasteiger charge is 2.27. The zero-order valence-corrected chi connectivity index (χ0v) is 17.4. The van der Waals surface area contributed by atoms with E-state index >= 15 is 0 Å². The first-order chi connectivity index (χ1) is 14.1. The standard InChI is InChI=1S/C19H12N4O3S3/c1-26-11-6-4-10(5-7-11)15-12(9-14-16(24)21-19(25)28-14)23-18(20-15)29-17(22-23)13-3-2-8-27-13/h2-9H,1H3,(H,21,24,25)/b14-9-. The van der Waals surface area contributed by atoms with E-state index in [9.17, 15) is 9.59 Å². The minimum absolute atomic E-state index is 0.317. The Morgan fingerprint density at radius 3 is 2.66 bits per heavy atom. The Hall–Kier alpha value is -2.95. The molecule has 0 unspecified atom stereocenters. The molecule has 4 heterocycles. The third-order valence-corrected chi connectivity index (χ3v) is 7.00. The van der Waals surface area contributed by atoms with Crippen molar-refractivity contribution in [1.82, 2.24) is 19.9 Å². The lowest BCUT2D eigenvalue weighted by Gasteiger charge is -2.03. The summed E-state index contributed by atoms with van der Waals surface area (Å²) in [5, 5.41) is 9.46. The third kappa shape index (κ3) is 3.24. The molecule has 1 fully saturated rings. The number of ether oxygens (including phenoxy) is 1. The van der Waals surface area contributed by atoms with E-state index < -0.39 is 5.91 Å². The van der Waals surface area contributed by atoms with E-state index in [-0.39, 0.29) is 5.24 Å². The van der Waals surface area contributed by atoms with Crippen molar-refractivity contribution in [3.05, 3.63) is 52.4 Å². The molecule has 1 aromatic carbocycles. The molecule has 1 aliphatic heterocycles. The number of thiophene rings is 1. The largest absolute Gasteiger partial charge is 0.497 e. The average Bonchev–Trinajstić information content (AvgIpc) is 3.48. The van der Waals surface area contributed by atoms with Crippen molar-refractivity contribution in [3.8, 4) is 26.9 Å². The highest BCUT2D eigenvalue weighted by Crippen LogP contribution is 2.35. The lowest BCUT2D eigenvalue weighted by Crippen LogP contribution is -2.17. The van der Waals surface area contributed by atoms with E-state index in [4.69, 9.17) is 14.8 Å². The van der Waals surface area contributed by atoms with Crippen LogP contribution >= 0.6 is 34.4 Å². The Morgan fingerprint density at radius 1 is 1.17 bits per heavy atom. The first-order valence-corrected chi connectivity index (χ1v) is 11.0. The summed E-state index contributed by atoms with van der Waals surface area (Å²) in [6.45, 7) is 0. The smallest absolute Gasteiger partial charge is 0.290 e. The fourth-order valence-electron chi connectivity index (χ4n) is 2.90. The number of carbonyl (C=O) groups excluding carboxylic acids is 2. The second kappa shape index (κ2) is 7.14. The topological polar surface area (TPSA) is 85.6 Å². The van der Waals surface area contributed by atoms with Crippen LogP contribution in [0.25, 0.3) is 32.2 Å². The normalized spacial score (nSPS) is 15.4. The summed E-state index contributed by atoms with van der Waals surface area (Å²) in [5.74, 6) is 0.327. The van der Waals surface area contributed by atoms with Gasteiger partial charge in [0.1, 0.15) is 5.75 Å². The maximum absolute atomic E-state index is 12.1. The van der Waals surface area contributed by atoms with Crippen molar-refractivity contribution in [2.24, 2.45) is 0 Å². The quantitative estimate of drug-likeness (QED) is 0.470. The summed E-state index contributed by atoms with van der Waals surface area (Å²) < 4.78 is 6.95. The molecule has 0 saturated carbocycles. The molecule has 0 atom stereocenters. The summed E-state index contributed by atoms with van der Waals surface area (Å²) in [6, 6.07) is 11.5. The van der Waals surface area contributed by atoms with Crippen LogP contribution in [0, 0.1) is 0 Å². The van der Waals surface area contributed by atoms with Crippen LogP contribution in [0.15, 0.2) is 46.7 Å². The highest BCUT2D eigenvalue weighted by molar-refractivity contribution is 8.18. The summed E-state index contributed by atoms with van der Waals surface area (Å²) in [5.41, 5.74) is 2.20. The molecule has 4 aromatic rings. The monoisotopic (exact) mass is 440 g/mol. The second-order valence-corrected chi connectivity index (χ2v) is 8.92. The Labute approximate surface area is 177 Å². The second-order valence-electron chi connectivity index (χ2n) is 6.01. The molecule has 3 aromatic heterocycles. The van der Waals surface area contributed by atoms with Crippen LogP contribution in [0.1, 0.15) is 5.69 Å². The Morgan fingerprint density at radius 2 is 2.00 bits per heavy atom. The van der Waals surface area contributed by atoms with Gasteiger partial charge in [0.05, 0.1) is 28.3 Å². The molecule has 1 aliphatic rings. The number of hydrogen-bond donors (Lipinski definition) is 1.